The molecule has 16 heavy (non-hydrogen) atoms. The summed E-state index contributed by atoms with van der Waals surface area (Å²) in [4.78, 5) is 11.3. The summed E-state index contributed by atoms with van der Waals surface area (Å²) in [7, 11) is 0. The van der Waals surface area contributed by atoms with E-state index in [2.05, 4.69) is 17.4 Å². The fourth-order valence-electron chi connectivity index (χ4n) is 1.91. The van der Waals surface area contributed by atoms with Gasteiger partial charge in [-0.05, 0) is 25.8 Å². The molecule has 1 heterocycles. The van der Waals surface area contributed by atoms with Gasteiger partial charge in [0.05, 0.1) is 11.6 Å². The maximum absolute atomic E-state index is 11.3. The lowest BCUT2D eigenvalue weighted by Gasteiger charge is -2.39. The number of amides is 1. The Kier molecular flexibility index (Phi) is 2.97. The molecule has 0 spiro atoms. The van der Waals surface area contributed by atoms with E-state index in [1.54, 1.807) is 0 Å². The number of nitrogens with one attached hydrogen (secondary N) is 1. The van der Waals surface area contributed by atoms with Crippen LogP contribution >= 0.6 is 0 Å². The van der Waals surface area contributed by atoms with Gasteiger partial charge in [0.1, 0.15) is 6.61 Å². The van der Waals surface area contributed by atoms with Crippen LogP contribution in [0.15, 0.2) is 30.3 Å². The van der Waals surface area contributed by atoms with Crippen molar-refractivity contribution < 1.29 is 9.53 Å². The lowest BCUT2D eigenvalue weighted by atomic mass is 9.91. The molecule has 1 atom stereocenters. The first kappa shape index (κ1) is 11.1. The predicted molar refractivity (Wildman–Crippen MR) is 62.1 cm³/mol. The summed E-state index contributed by atoms with van der Waals surface area (Å²) in [5.74, 6) is -0.0275. The molecule has 1 aliphatic heterocycles. The van der Waals surface area contributed by atoms with Crippen LogP contribution in [0.4, 0.5) is 0 Å². The van der Waals surface area contributed by atoms with Gasteiger partial charge in [-0.25, -0.2) is 0 Å². The first-order chi connectivity index (χ1) is 7.58. The van der Waals surface area contributed by atoms with Crippen LogP contribution < -0.4 is 5.32 Å². The van der Waals surface area contributed by atoms with Crippen LogP contribution in [0, 0.1) is 0 Å². The zero-order chi connectivity index (χ0) is 11.6. The molecule has 86 valence electrons. The van der Waals surface area contributed by atoms with Gasteiger partial charge in [-0.3, -0.25) is 4.79 Å². The number of hydrogen-bond acceptors (Lipinski definition) is 2. The molecule has 0 bridgehead atoms. The molecule has 1 unspecified atom stereocenters. The number of carbonyl (C=O) groups is 1. The van der Waals surface area contributed by atoms with Gasteiger partial charge in [-0.2, -0.15) is 0 Å². The molecule has 0 aliphatic carbocycles. The lowest BCUT2D eigenvalue weighted by Crippen LogP contribution is -2.58. The third-order valence-electron chi connectivity index (χ3n) is 3.03. The van der Waals surface area contributed by atoms with Gasteiger partial charge in [-0.1, -0.05) is 30.3 Å². The van der Waals surface area contributed by atoms with Crippen LogP contribution in [0.1, 0.15) is 19.4 Å². The standard InChI is InChI=1S/C13H17NO2/c1-13(2)11(14-12(15)9-16-13)8-10-6-4-3-5-7-10/h3-7,11H,8-9H2,1-2H3,(H,14,15). The lowest BCUT2D eigenvalue weighted by molar-refractivity contribution is -0.146. The summed E-state index contributed by atoms with van der Waals surface area (Å²) < 4.78 is 5.55. The van der Waals surface area contributed by atoms with E-state index in [9.17, 15) is 4.79 Å². The molecule has 1 saturated heterocycles. The summed E-state index contributed by atoms with van der Waals surface area (Å²) in [6.45, 7) is 4.19. The molecule has 1 aromatic carbocycles. The molecular formula is C13H17NO2. The Morgan fingerprint density at radius 1 is 1.38 bits per heavy atom. The SMILES string of the molecule is CC1(C)OCC(=O)NC1Cc1ccccc1. The predicted octanol–water partition coefficient (Wildman–Crippen LogP) is 1.52. The summed E-state index contributed by atoms with van der Waals surface area (Å²) in [5, 5.41) is 2.99. The van der Waals surface area contributed by atoms with Gasteiger partial charge >= 0.3 is 0 Å². The first-order valence-corrected chi connectivity index (χ1v) is 5.55. The van der Waals surface area contributed by atoms with Crippen molar-refractivity contribution in [2.75, 3.05) is 6.61 Å². The summed E-state index contributed by atoms with van der Waals surface area (Å²) >= 11 is 0. The van der Waals surface area contributed by atoms with E-state index in [1.807, 2.05) is 32.0 Å². The van der Waals surface area contributed by atoms with Crippen LogP contribution in [-0.2, 0) is 16.0 Å². The Bertz CT molecular complexity index is 373. The van der Waals surface area contributed by atoms with E-state index in [4.69, 9.17) is 4.74 Å². The Morgan fingerprint density at radius 2 is 2.06 bits per heavy atom. The van der Waals surface area contributed by atoms with Gasteiger partial charge in [-0.15, -0.1) is 0 Å². The van der Waals surface area contributed by atoms with Crippen LogP contribution in [0.3, 0.4) is 0 Å². The zero-order valence-corrected chi connectivity index (χ0v) is 9.69. The quantitative estimate of drug-likeness (QED) is 0.819. The van der Waals surface area contributed by atoms with Gasteiger partial charge in [0.2, 0.25) is 5.91 Å². The Balaban J connectivity index is 2.10. The number of morpholine rings is 1. The van der Waals surface area contributed by atoms with Crippen molar-refractivity contribution >= 4 is 5.91 Å². The van der Waals surface area contributed by atoms with Gasteiger partial charge in [0.25, 0.3) is 0 Å². The largest absolute Gasteiger partial charge is 0.364 e. The molecule has 0 aromatic heterocycles. The van der Waals surface area contributed by atoms with E-state index >= 15 is 0 Å². The van der Waals surface area contributed by atoms with Gasteiger partial charge < -0.3 is 10.1 Å². The van der Waals surface area contributed by atoms with E-state index in [0.29, 0.717) is 0 Å². The van der Waals surface area contributed by atoms with Crippen molar-refractivity contribution in [3.63, 3.8) is 0 Å². The average Bonchev–Trinajstić information content (AvgIpc) is 2.26. The van der Waals surface area contributed by atoms with Crippen molar-refractivity contribution in [2.45, 2.75) is 31.9 Å². The molecule has 1 aromatic rings. The third kappa shape index (κ3) is 2.42. The number of hydrogen-bond donors (Lipinski definition) is 1. The smallest absolute Gasteiger partial charge is 0.246 e. The Morgan fingerprint density at radius 3 is 2.75 bits per heavy atom. The topological polar surface area (TPSA) is 38.3 Å². The van der Waals surface area contributed by atoms with Gasteiger partial charge in [0, 0.05) is 0 Å². The summed E-state index contributed by atoms with van der Waals surface area (Å²) in [6, 6.07) is 10.2. The highest BCUT2D eigenvalue weighted by molar-refractivity contribution is 5.78. The number of ether oxygens (including phenoxy) is 1. The minimum absolute atomic E-state index is 0.0275. The summed E-state index contributed by atoms with van der Waals surface area (Å²) in [5.41, 5.74) is 0.912. The number of rotatable bonds is 2. The number of carbonyl (C=O) groups excluding carboxylic acids is 1. The molecule has 0 saturated carbocycles. The van der Waals surface area contributed by atoms with E-state index in [1.165, 1.54) is 5.56 Å². The second kappa shape index (κ2) is 4.26. The molecule has 1 aliphatic rings. The maximum Gasteiger partial charge on any atom is 0.246 e. The molecule has 2 rings (SSSR count). The first-order valence-electron chi connectivity index (χ1n) is 5.55. The van der Waals surface area contributed by atoms with Crippen molar-refractivity contribution in [1.82, 2.24) is 5.32 Å². The maximum atomic E-state index is 11.3. The second-order valence-electron chi connectivity index (χ2n) is 4.70. The highest BCUT2D eigenvalue weighted by Gasteiger charge is 2.36. The fraction of sp³-hybridized carbons (Fsp3) is 0.462. The molecule has 3 heteroatoms. The van der Waals surface area contributed by atoms with Gasteiger partial charge in [0.15, 0.2) is 0 Å². The van der Waals surface area contributed by atoms with Crippen molar-refractivity contribution in [3.05, 3.63) is 35.9 Å². The molecule has 1 N–H and O–H groups in total. The van der Waals surface area contributed by atoms with Crippen LogP contribution in [0.2, 0.25) is 0 Å². The molecule has 3 nitrogen and oxygen atoms in total. The fourth-order valence-corrected chi connectivity index (χ4v) is 1.91. The average molecular weight is 219 g/mol. The van der Waals surface area contributed by atoms with Crippen LogP contribution in [-0.4, -0.2) is 24.2 Å². The summed E-state index contributed by atoms with van der Waals surface area (Å²) in [6.07, 6.45) is 0.805. The molecular weight excluding hydrogens is 202 g/mol. The normalized spacial score (nSPS) is 23.9. The minimum Gasteiger partial charge on any atom is -0.364 e. The monoisotopic (exact) mass is 219 g/mol. The van der Waals surface area contributed by atoms with Crippen LogP contribution in [0.5, 0.6) is 0 Å². The third-order valence-corrected chi connectivity index (χ3v) is 3.03. The number of benzene rings is 1. The van der Waals surface area contributed by atoms with Crippen molar-refractivity contribution in [1.29, 1.82) is 0 Å². The molecule has 0 radical (unpaired) electrons. The highest BCUT2D eigenvalue weighted by atomic mass is 16.5. The zero-order valence-electron chi connectivity index (χ0n) is 9.69. The molecule has 1 fully saturated rings. The van der Waals surface area contributed by atoms with E-state index in [0.717, 1.165) is 6.42 Å². The van der Waals surface area contributed by atoms with Crippen molar-refractivity contribution in [2.24, 2.45) is 0 Å². The van der Waals surface area contributed by atoms with E-state index in [-0.39, 0.29) is 24.2 Å². The Labute approximate surface area is 95.8 Å². The Hall–Kier alpha value is -1.35. The highest BCUT2D eigenvalue weighted by Crippen LogP contribution is 2.21. The second-order valence-corrected chi connectivity index (χ2v) is 4.70. The molecule has 1 amide bonds. The van der Waals surface area contributed by atoms with Crippen molar-refractivity contribution in [3.8, 4) is 0 Å². The van der Waals surface area contributed by atoms with E-state index < -0.39 is 0 Å². The van der Waals surface area contributed by atoms with Crippen LogP contribution in [0.25, 0.3) is 0 Å². The minimum atomic E-state index is -0.302.